The van der Waals surface area contributed by atoms with Gasteiger partial charge in [0.15, 0.2) is 5.78 Å². The second-order valence-electron chi connectivity index (χ2n) is 9.64. The topological polar surface area (TPSA) is 151 Å². The molecule has 0 saturated heterocycles. The molecule has 2 atom stereocenters. The molecule has 2 aliphatic rings. The summed E-state index contributed by atoms with van der Waals surface area (Å²) in [4.78, 5) is 31.9. The zero-order valence-electron chi connectivity index (χ0n) is 21.8. The number of rotatable bonds is 5. The molecule has 1 aromatic heterocycles. The van der Waals surface area contributed by atoms with Crippen LogP contribution in [0.4, 0.5) is 20.6 Å². The fraction of sp³-hybridized carbons (Fsp3) is 0.179. The second kappa shape index (κ2) is 11.7. The molecule has 0 aliphatic carbocycles. The third kappa shape index (κ3) is 6.22. The molecule has 1 amide bonds. The lowest BCUT2D eigenvalue weighted by Gasteiger charge is -2.19. The molecule has 5 rings (SSSR count). The number of cyclic esters (lactones) is 1. The first-order valence-corrected chi connectivity index (χ1v) is 13.3. The van der Waals surface area contributed by atoms with Crippen LogP contribution < -0.4 is 27.2 Å². The van der Waals surface area contributed by atoms with Crippen molar-refractivity contribution in [3.8, 4) is 11.3 Å². The standard InChI is InChI=1S/C28H26Cl2FN7O3/c1-14-8-21(27-36-25(26(31)37-27)16-2-4-20-17(9-16)13-41-28(40)35-20)34-7-6-15(10-23(14)39)19-11-18(29)3-5-22(19)38(33)12-24(30)32/h2-7,9-12,14,21,34H,8,13,32-33H2,1H3,(H,35,40)(H,36,37)/b7-6-,15-10+,24-12-/t14-,21?/m1/s1. The van der Waals surface area contributed by atoms with Crippen LogP contribution in [0.1, 0.15) is 36.3 Å². The van der Waals surface area contributed by atoms with Gasteiger partial charge in [-0.2, -0.15) is 4.39 Å². The summed E-state index contributed by atoms with van der Waals surface area (Å²) >= 11 is 12.1. The largest absolute Gasteiger partial charge is 0.444 e. The van der Waals surface area contributed by atoms with E-state index in [2.05, 4.69) is 20.6 Å². The molecular formula is C28H26Cl2FN7O3. The van der Waals surface area contributed by atoms with Gasteiger partial charge < -0.3 is 20.8 Å². The van der Waals surface area contributed by atoms with Crippen LogP contribution in [-0.4, -0.2) is 21.8 Å². The Morgan fingerprint density at radius 2 is 2.05 bits per heavy atom. The van der Waals surface area contributed by atoms with E-state index < -0.39 is 24.0 Å². The number of H-pyrrole nitrogens is 1. The first kappa shape index (κ1) is 28.2. The number of fused-ring (bicyclic) bond motifs is 1. The van der Waals surface area contributed by atoms with Crippen LogP contribution in [0.15, 0.2) is 66.1 Å². The molecule has 13 heteroatoms. The van der Waals surface area contributed by atoms with Crippen molar-refractivity contribution in [3.05, 3.63) is 94.0 Å². The van der Waals surface area contributed by atoms with E-state index in [1.54, 1.807) is 55.6 Å². The van der Waals surface area contributed by atoms with Crippen molar-refractivity contribution in [1.29, 1.82) is 0 Å². The number of nitrogens with two attached hydrogens (primary N) is 2. The highest BCUT2D eigenvalue weighted by molar-refractivity contribution is 6.31. The monoisotopic (exact) mass is 597 g/mol. The van der Waals surface area contributed by atoms with E-state index in [0.717, 1.165) is 0 Å². The number of aromatic amines is 1. The van der Waals surface area contributed by atoms with E-state index >= 15 is 4.39 Å². The van der Waals surface area contributed by atoms with Gasteiger partial charge in [0.2, 0.25) is 5.95 Å². The molecule has 2 aromatic carbocycles. The number of nitrogens with zero attached hydrogens (tertiary/aromatic N) is 2. The summed E-state index contributed by atoms with van der Waals surface area (Å²) in [6, 6.07) is 9.61. The molecule has 7 N–H and O–H groups in total. The first-order valence-electron chi connectivity index (χ1n) is 12.6. The molecule has 10 nitrogen and oxygen atoms in total. The van der Waals surface area contributed by atoms with Gasteiger partial charge in [-0.15, -0.1) is 0 Å². The molecule has 0 saturated carbocycles. The number of allylic oxidation sites excluding steroid dienone is 3. The predicted molar refractivity (Wildman–Crippen MR) is 156 cm³/mol. The minimum atomic E-state index is -0.692. The lowest BCUT2D eigenvalue weighted by Crippen LogP contribution is -2.26. The molecule has 0 radical (unpaired) electrons. The number of aromatic nitrogens is 2. The minimum Gasteiger partial charge on any atom is -0.444 e. The average Bonchev–Trinajstić information content (AvgIpc) is 3.34. The highest BCUT2D eigenvalue weighted by Crippen LogP contribution is 2.34. The minimum absolute atomic E-state index is 0.0258. The smallest absolute Gasteiger partial charge is 0.411 e. The number of halogens is 3. The summed E-state index contributed by atoms with van der Waals surface area (Å²) < 4.78 is 20.1. The Hall–Kier alpha value is -4.32. The highest BCUT2D eigenvalue weighted by Gasteiger charge is 2.26. The van der Waals surface area contributed by atoms with Gasteiger partial charge >= 0.3 is 6.09 Å². The Morgan fingerprint density at radius 3 is 2.83 bits per heavy atom. The van der Waals surface area contributed by atoms with Gasteiger partial charge in [-0.05, 0) is 60.7 Å². The van der Waals surface area contributed by atoms with Crippen molar-refractivity contribution >= 4 is 52.0 Å². The number of benzene rings is 2. The lowest BCUT2D eigenvalue weighted by molar-refractivity contribution is -0.118. The van der Waals surface area contributed by atoms with E-state index in [9.17, 15) is 9.59 Å². The SMILES string of the molecule is C[C@@H]1CC(c2nc(F)c(-c3ccc4c(c3)COC(=O)N4)[nH]2)N/C=C\C(c2cc(Cl)ccc2N(N)/C=C(\N)Cl)=C/C1=O. The van der Waals surface area contributed by atoms with Crippen molar-refractivity contribution in [2.24, 2.45) is 17.5 Å². The number of amides is 1. The molecule has 0 spiro atoms. The van der Waals surface area contributed by atoms with Crippen LogP contribution in [0.2, 0.25) is 5.02 Å². The van der Waals surface area contributed by atoms with Gasteiger partial charge in [0, 0.05) is 27.6 Å². The van der Waals surface area contributed by atoms with Crippen molar-refractivity contribution in [2.45, 2.75) is 26.0 Å². The third-order valence-corrected chi connectivity index (χ3v) is 7.07. The Kier molecular flexibility index (Phi) is 8.02. The Labute approximate surface area is 244 Å². The fourth-order valence-corrected chi connectivity index (χ4v) is 4.94. The van der Waals surface area contributed by atoms with Crippen LogP contribution in [0.3, 0.4) is 0 Å². The normalized spacial score (nSPS) is 21.2. The Bertz CT molecular complexity index is 1610. The number of ketones is 1. The number of carbonyl (C=O) groups is 2. The first-order chi connectivity index (χ1) is 19.6. The van der Waals surface area contributed by atoms with Crippen molar-refractivity contribution in [1.82, 2.24) is 15.3 Å². The molecule has 41 heavy (non-hydrogen) atoms. The number of ether oxygens (including phenoxy) is 1. The molecular weight excluding hydrogens is 572 g/mol. The summed E-state index contributed by atoms with van der Waals surface area (Å²) in [7, 11) is 0. The summed E-state index contributed by atoms with van der Waals surface area (Å²) in [5, 5.41) is 7.50. The van der Waals surface area contributed by atoms with Crippen LogP contribution in [-0.2, 0) is 16.1 Å². The zero-order chi connectivity index (χ0) is 29.3. The van der Waals surface area contributed by atoms with Gasteiger partial charge in [0.1, 0.15) is 23.3 Å². The number of carbonyl (C=O) groups excluding carboxylic acids is 2. The number of hydrazine groups is 1. The number of nitrogens with one attached hydrogen (secondary N) is 3. The van der Waals surface area contributed by atoms with Crippen molar-refractivity contribution in [3.63, 3.8) is 0 Å². The molecule has 0 fully saturated rings. The zero-order valence-corrected chi connectivity index (χ0v) is 23.3. The van der Waals surface area contributed by atoms with E-state index in [1.165, 1.54) is 17.3 Å². The molecule has 212 valence electrons. The maximum absolute atomic E-state index is 15.1. The Morgan fingerprint density at radius 1 is 1.24 bits per heavy atom. The Balaban J connectivity index is 1.45. The maximum atomic E-state index is 15.1. The molecule has 3 aromatic rings. The van der Waals surface area contributed by atoms with E-state index in [4.69, 9.17) is 39.5 Å². The van der Waals surface area contributed by atoms with Crippen LogP contribution in [0.25, 0.3) is 16.8 Å². The van der Waals surface area contributed by atoms with Gasteiger partial charge in [-0.1, -0.05) is 36.2 Å². The lowest BCUT2D eigenvalue weighted by atomic mass is 9.94. The highest BCUT2D eigenvalue weighted by atomic mass is 35.5. The number of hydrogen-bond donors (Lipinski definition) is 5. The summed E-state index contributed by atoms with van der Waals surface area (Å²) in [6.45, 7) is 1.87. The van der Waals surface area contributed by atoms with E-state index in [1.807, 2.05) is 0 Å². The predicted octanol–water partition coefficient (Wildman–Crippen LogP) is 5.44. The molecule has 0 bridgehead atoms. The fourth-order valence-electron chi connectivity index (χ4n) is 4.67. The average molecular weight is 598 g/mol. The van der Waals surface area contributed by atoms with E-state index in [-0.39, 0.29) is 23.2 Å². The van der Waals surface area contributed by atoms with Crippen LogP contribution in [0.5, 0.6) is 0 Å². The summed E-state index contributed by atoms with van der Waals surface area (Å²) in [5.74, 6) is 5.19. The second-order valence-corrected chi connectivity index (χ2v) is 10.5. The van der Waals surface area contributed by atoms with Crippen LogP contribution in [0, 0.1) is 11.9 Å². The molecule has 3 heterocycles. The molecule has 2 aliphatic heterocycles. The maximum Gasteiger partial charge on any atom is 0.411 e. The van der Waals surface area contributed by atoms with E-state index in [0.29, 0.717) is 50.9 Å². The van der Waals surface area contributed by atoms with Gasteiger partial charge in [0.25, 0.3) is 0 Å². The van der Waals surface area contributed by atoms with Crippen molar-refractivity contribution < 1.29 is 18.7 Å². The number of hydrogen-bond acceptors (Lipinski definition) is 8. The van der Waals surface area contributed by atoms with Gasteiger partial charge in [-0.25, -0.2) is 15.6 Å². The quantitative estimate of drug-likeness (QED) is 0.148. The summed E-state index contributed by atoms with van der Waals surface area (Å²) in [5.41, 5.74) is 9.24. The third-order valence-electron chi connectivity index (χ3n) is 6.74. The van der Waals surface area contributed by atoms with Crippen molar-refractivity contribution in [2.75, 3.05) is 10.3 Å². The number of imidazole rings is 1. The van der Waals surface area contributed by atoms with Gasteiger partial charge in [0.05, 0.1) is 23.6 Å². The number of anilines is 2. The van der Waals surface area contributed by atoms with Crippen LogP contribution >= 0.6 is 23.2 Å². The molecule has 1 unspecified atom stereocenters. The van der Waals surface area contributed by atoms with Gasteiger partial charge in [-0.3, -0.25) is 15.1 Å². The summed E-state index contributed by atoms with van der Waals surface area (Å²) in [6.07, 6.45) is 6.02.